The fourth-order valence-electron chi connectivity index (χ4n) is 4.13. The first-order valence-corrected chi connectivity index (χ1v) is 11.1. The Bertz CT molecular complexity index is 1360. The molecule has 4 heterocycles. The van der Waals surface area contributed by atoms with E-state index in [1.54, 1.807) is 17.7 Å². The Labute approximate surface area is 190 Å². The molecule has 10 heteroatoms. The highest BCUT2D eigenvalue weighted by atomic mass is 16.2. The quantitative estimate of drug-likeness (QED) is 0.485. The lowest BCUT2D eigenvalue weighted by Crippen LogP contribution is -2.29. The zero-order valence-electron chi connectivity index (χ0n) is 18.7. The molecule has 1 aliphatic heterocycles. The number of aromatic nitrogens is 6. The third kappa shape index (κ3) is 4.29. The maximum Gasteiger partial charge on any atom is 0.275 e. The van der Waals surface area contributed by atoms with Crippen LogP contribution in [0.3, 0.4) is 0 Å². The van der Waals surface area contributed by atoms with Crippen LogP contribution in [0.1, 0.15) is 30.1 Å². The standard InChI is InChI=1S/C23H26N8O2/c1-15-3-5-18(6-4-15)26-20(32)14-29-16(2)11-21(33)31-23(29)27-22(28-31)17-12-25-30(13-17)19-7-9-24-10-8-19/h3-6,11-13,19,24H,7-10,14H2,1-2H3,(H,26,32). The number of carbonyl (C=O) groups is 1. The molecule has 1 amide bonds. The van der Waals surface area contributed by atoms with Gasteiger partial charge in [-0.05, 0) is 51.9 Å². The largest absolute Gasteiger partial charge is 0.325 e. The van der Waals surface area contributed by atoms with Crippen molar-refractivity contribution in [2.45, 2.75) is 39.3 Å². The van der Waals surface area contributed by atoms with E-state index in [2.05, 4.69) is 25.8 Å². The van der Waals surface area contributed by atoms with Gasteiger partial charge in [0.25, 0.3) is 5.56 Å². The summed E-state index contributed by atoms with van der Waals surface area (Å²) in [5, 5.41) is 15.2. The normalized spacial score (nSPS) is 14.6. The van der Waals surface area contributed by atoms with E-state index in [0.717, 1.165) is 37.1 Å². The van der Waals surface area contributed by atoms with Crippen molar-refractivity contribution in [2.24, 2.45) is 0 Å². The van der Waals surface area contributed by atoms with Gasteiger partial charge in [0, 0.05) is 23.6 Å². The third-order valence-electron chi connectivity index (χ3n) is 5.98. The lowest BCUT2D eigenvalue weighted by atomic mass is 10.1. The summed E-state index contributed by atoms with van der Waals surface area (Å²) in [5.41, 5.74) is 2.92. The Morgan fingerprint density at radius 2 is 1.94 bits per heavy atom. The van der Waals surface area contributed by atoms with Crippen LogP contribution in [-0.2, 0) is 11.3 Å². The van der Waals surface area contributed by atoms with Crippen molar-refractivity contribution in [1.82, 2.24) is 34.3 Å². The number of carbonyl (C=O) groups excluding carboxylic acids is 1. The van der Waals surface area contributed by atoms with Crippen molar-refractivity contribution < 1.29 is 4.79 Å². The second-order valence-corrected chi connectivity index (χ2v) is 8.46. The summed E-state index contributed by atoms with van der Waals surface area (Å²) in [4.78, 5) is 29.9. The van der Waals surface area contributed by atoms with E-state index in [1.165, 1.54) is 10.6 Å². The molecule has 0 saturated carbocycles. The average Bonchev–Trinajstić information content (AvgIpc) is 3.47. The van der Waals surface area contributed by atoms with Crippen LogP contribution in [0.2, 0.25) is 0 Å². The van der Waals surface area contributed by atoms with Crippen LogP contribution in [0.15, 0.2) is 47.5 Å². The Balaban J connectivity index is 1.44. The molecule has 1 aromatic carbocycles. The van der Waals surface area contributed by atoms with E-state index in [0.29, 0.717) is 29.0 Å². The molecule has 10 nitrogen and oxygen atoms in total. The molecule has 170 valence electrons. The van der Waals surface area contributed by atoms with Gasteiger partial charge in [0.05, 0.1) is 17.8 Å². The number of hydrogen-bond acceptors (Lipinski definition) is 6. The summed E-state index contributed by atoms with van der Waals surface area (Å²) in [7, 11) is 0. The van der Waals surface area contributed by atoms with Crippen LogP contribution in [0.5, 0.6) is 0 Å². The second kappa shape index (κ2) is 8.62. The number of piperidine rings is 1. The van der Waals surface area contributed by atoms with E-state index >= 15 is 0 Å². The minimum Gasteiger partial charge on any atom is -0.325 e. The predicted molar refractivity (Wildman–Crippen MR) is 124 cm³/mol. The fraction of sp³-hybridized carbons (Fsp3) is 0.348. The van der Waals surface area contributed by atoms with Gasteiger partial charge in [0.15, 0.2) is 5.82 Å². The molecule has 3 aromatic heterocycles. The predicted octanol–water partition coefficient (Wildman–Crippen LogP) is 1.93. The van der Waals surface area contributed by atoms with E-state index in [4.69, 9.17) is 0 Å². The lowest BCUT2D eigenvalue weighted by molar-refractivity contribution is -0.116. The molecular formula is C23H26N8O2. The smallest absolute Gasteiger partial charge is 0.275 e. The van der Waals surface area contributed by atoms with Gasteiger partial charge in [-0.15, -0.1) is 5.10 Å². The average molecular weight is 447 g/mol. The first kappa shape index (κ1) is 21.1. The molecule has 1 aliphatic rings. The number of nitrogens with zero attached hydrogens (tertiary/aromatic N) is 6. The Kier molecular flexibility index (Phi) is 5.51. The molecule has 5 rings (SSSR count). The summed E-state index contributed by atoms with van der Waals surface area (Å²) in [6.07, 6.45) is 5.68. The van der Waals surface area contributed by atoms with Crippen molar-refractivity contribution in [2.75, 3.05) is 18.4 Å². The van der Waals surface area contributed by atoms with E-state index in [9.17, 15) is 9.59 Å². The minimum absolute atomic E-state index is 0.00988. The molecular weight excluding hydrogens is 420 g/mol. The maximum atomic E-state index is 12.7. The van der Waals surface area contributed by atoms with Crippen LogP contribution in [0.25, 0.3) is 17.2 Å². The summed E-state index contributed by atoms with van der Waals surface area (Å²) < 4.78 is 4.89. The van der Waals surface area contributed by atoms with Crippen LogP contribution in [0.4, 0.5) is 5.69 Å². The van der Waals surface area contributed by atoms with Crippen LogP contribution >= 0.6 is 0 Å². The first-order valence-electron chi connectivity index (χ1n) is 11.1. The zero-order valence-corrected chi connectivity index (χ0v) is 18.7. The Morgan fingerprint density at radius 1 is 1.18 bits per heavy atom. The van der Waals surface area contributed by atoms with Gasteiger partial charge < -0.3 is 15.2 Å². The summed E-state index contributed by atoms with van der Waals surface area (Å²) >= 11 is 0. The number of rotatable bonds is 5. The summed E-state index contributed by atoms with van der Waals surface area (Å²) in [6.45, 7) is 5.72. The van der Waals surface area contributed by atoms with Crippen molar-refractivity contribution in [3.63, 3.8) is 0 Å². The number of amides is 1. The number of fused-ring (bicyclic) bond motifs is 1. The van der Waals surface area contributed by atoms with E-state index in [1.807, 2.05) is 42.1 Å². The molecule has 0 spiro atoms. The number of anilines is 1. The molecule has 4 aromatic rings. The van der Waals surface area contributed by atoms with E-state index in [-0.39, 0.29) is 18.0 Å². The van der Waals surface area contributed by atoms with Gasteiger partial charge in [0.2, 0.25) is 11.7 Å². The number of aryl methyl sites for hydroxylation is 2. The molecule has 0 unspecified atom stereocenters. The SMILES string of the molecule is Cc1ccc(NC(=O)Cn2c(C)cc(=O)n3nc(-c4cnn(C5CCNCC5)c4)nc23)cc1. The molecule has 0 aliphatic carbocycles. The van der Waals surface area contributed by atoms with Crippen molar-refractivity contribution in [3.05, 3.63) is 64.3 Å². The molecule has 1 fully saturated rings. The zero-order chi connectivity index (χ0) is 22.9. The topological polar surface area (TPSA) is 111 Å². The molecule has 33 heavy (non-hydrogen) atoms. The minimum atomic E-state index is -0.290. The second-order valence-electron chi connectivity index (χ2n) is 8.46. The third-order valence-corrected chi connectivity index (χ3v) is 5.98. The highest BCUT2D eigenvalue weighted by Gasteiger charge is 2.19. The summed E-state index contributed by atoms with van der Waals surface area (Å²) in [6, 6.07) is 9.39. The number of hydrogen-bond donors (Lipinski definition) is 2. The lowest BCUT2D eigenvalue weighted by Gasteiger charge is -2.22. The van der Waals surface area contributed by atoms with Gasteiger partial charge in [-0.3, -0.25) is 14.3 Å². The Morgan fingerprint density at radius 3 is 2.70 bits per heavy atom. The fourth-order valence-corrected chi connectivity index (χ4v) is 4.13. The van der Waals surface area contributed by atoms with Crippen LogP contribution in [-0.4, -0.2) is 47.9 Å². The first-order chi connectivity index (χ1) is 16.0. The monoisotopic (exact) mass is 446 g/mol. The maximum absolute atomic E-state index is 12.7. The molecule has 0 radical (unpaired) electrons. The van der Waals surface area contributed by atoms with Gasteiger partial charge >= 0.3 is 0 Å². The van der Waals surface area contributed by atoms with Crippen LogP contribution in [0, 0.1) is 13.8 Å². The molecule has 2 N–H and O–H groups in total. The van der Waals surface area contributed by atoms with Crippen molar-refractivity contribution >= 4 is 17.4 Å². The number of benzene rings is 1. The van der Waals surface area contributed by atoms with Crippen molar-refractivity contribution in [3.8, 4) is 11.4 Å². The van der Waals surface area contributed by atoms with Crippen LogP contribution < -0.4 is 16.2 Å². The van der Waals surface area contributed by atoms with Gasteiger partial charge in [-0.25, -0.2) is 0 Å². The molecule has 0 atom stereocenters. The summed E-state index contributed by atoms with van der Waals surface area (Å²) in [5.74, 6) is 0.519. The van der Waals surface area contributed by atoms with E-state index < -0.39 is 0 Å². The van der Waals surface area contributed by atoms with Gasteiger partial charge in [0.1, 0.15) is 6.54 Å². The van der Waals surface area contributed by atoms with Crippen molar-refractivity contribution in [1.29, 1.82) is 0 Å². The Hall–Kier alpha value is -3.79. The number of nitrogens with one attached hydrogen (secondary N) is 2. The highest BCUT2D eigenvalue weighted by molar-refractivity contribution is 5.90. The van der Waals surface area contributed by atoms with Gasteiger partial charge in [-0.1, -0.05) is 17.7 Å². The molecule has 0 bridgehead atoms. The van der Waals surface area contributed by atoms with Gasteiger partial charge in [-0.2, -0.15) is 14.6 Å². The highest BCUT2D eigenvalue weighted by Crippen LogP contribution is 2.22. The molecule has 1 saturated heterocycles.